The quantitative estimate of drug-likeness (QED) is 0.631. The van der Waals surface area contributed by atoms with Crippen molar-refractivity contribution >= 4 is 23.2 Å². The number of ether oxygens (including phenoxy) is 1. The minimum Gasteiger partial charge on any atom is -0.492 e. The van der Waals surface area contributed by atoms with E-state index in [0.29, 0.717) is 29.0 Å². The third kappa shape index (κ3) is 4.11. The number of rotatable bonds is 6. The van der Waals surface area contributed by atoms with Crippen LogP contribution in [0.3, 0.4) is 0 Å². The summed E-state index contributed by atoms with van der Waals surface area (Å²) in [6.07, 6.45) is 0.634. The third-order valence-electron chi connectivity index (χ3n) is 3.20. The fourth-order valence-corrected chi connectivity index (χ4v) is 2.50. The molecule has 0 spiro atoms. The second-order valence-electron chi connectivity index (χ2n) is 4.81. The molecule has 1 aromatic heterocycles. The molecule has 114 valence electrons. The van der Waals surface area contributed by atoms with Gasteiger partial charge in [-0.1, -0.05) is 29.3 Å². The molecule has 0 bridgehead atoms. The molecule has 0 aliphatic heterocycles. The van der Waals surface area contributed by atoms with Gasteiger partial charge in [0.25, 0.3) is 0 Å². The number of benzene rings is 1. The second-order valence-corrected chi connectivity index (χ2v) is 5.61. The van der Waals surface area contributed by atoms with Crippen LogP contribution in [-0.4, -0.2) is 22.4 Å². The Morgan fingerprint density at radius 1 is 1.43 bits per heavy atom. The van der Waals surface area contributed by atoms with Crippen LogP contribution in [0.25, 0.3) is 0 Å². The summed E-state index contributed by atoms with van der Waals surface area (Å²) in [6.45, 7) is 2.33. The normalized spacial score (nSPS) is 12.4. The summed E-state index contributed by atoms with van der Waals surface area (Å²) in [5.41, 5.74) is 4.61. The Kier molecular flexibility index (Phi) is 5.47. The van der Waals surface area contributed by atoms with Crippen LogP contribution in [0.15, 0.2) is 24.3 Å². The summed E-state index contributed by atoms with van der Waals surface area (Å²) >= 11 is 12.1. The molecule has 1 aromatic carbocycles. The van der Waals surface area contributed by atoms with Gasteiger partial charge in [0.1, 0.15) is 17.5 Å². The number of nitrogens with two attached hydrogens (primary N) is 1. The minimum absolute atomic E-state index is 0.0793. The van der Waals surface area contributed by atoms with Crippen molar-refractivity contribution in [1.82, 2.24) is 15.2 Å². The molecular formula is C14H18Cl2N4O. The number of aryl methyl sites for hydroxylation is 2. The van der Waals surface area contributed by atoms with Gasteiger partial charge in [0.2, 0.25) is 0 Å². The van der Waals surface area contributed by atoms with Crippen molar-refractivity contribution in [2.45, 2.75) is 19.4 Å². The van der Waals surface area contributed by atoms with Crippen molar-refractivity contribution in [3.63, 3.8) is 0 Å². The lowest BCUT2D eigenvalue weighted by Gasteiger charge is -2.17. The average Bonchev–Trinajstić information content (AvgIpc) is 2.69. The zero-order valence-electron chi connectivity index (χ0n) is 11.9. The number of aromatic nitrogens is 2. The molecule has 0 amide bonds. The van der Waals surface area contributed by atoms with E-state index in [1.807, 2.05) is 26.1 Å². The summed E-state index contributed by atoms with van der Waals surface area (Å²) in [7, 11) is 1.81. The first-order valence-electron chi connectivity index (χ1n) is 6.53. The average molecular weight is 329 g/mol. The maximum atomic E-state index is 6.23. The lowest BCUT2D eigenvalue weighted by Crippen LogP contribution is -2.41. The van der Waals surface area contributed by atoms with Crippen LogP contribution >= 0.6 is 23.2 Å². The van der Waals surface area contributed by atoms with E-state index >= 15 is 0 Å². The number of nitrogens with one attached hydrogen (secondary N) is 1. The monoisotopic (exact) mass is 328 g/mol. The molecule has 5 nitrogen and oxygen atoms in total. The smallest absolute Gasteiger partial charge is 0.130 e. The highest BCUT2D eigenvalue weighted by Gasteiger charge is 2.17. The first-order chi connectivity index (χ1) is 10.0. The van der Waals surface area contributed by atoms with Crippen LogP contribution in [0, 0.1) is 6.92 Å². The van der Waals surface area contributed by atoms with E-state index in [1.54, 1.807) is 16.8 Å². The Hall–Kier alpha value is -1.27. The molecule has 7 heteroatoms. The lowest BCUT2D eigenvalue weighted by molar-refractivity contribution is 0.264. The highest BCUT2D eigenvalue weighted by Crippen LogP contribution is 2.21. The van der Waals surface area contributed by atoms with Gasteiger partial charge in [-0.15, -0.1) is 0 Å². The van der Waals surface area contributed by atoms with Crippen LogP contribution in [0.2, 0.25) is 10.2 Å². The van der Waals surface area contributed by atoms with Crippen LogP contribution < -0.4 is 16.0 Å². The molecule has 0 saturated heterocycles. The Labute approximate surface area is 134 Å². The number of hydrogen-bond acceptors (Lipinski definition) is 4. The van der Waals surface area contributed by atoms with E-state index in [2.05, 4.69) is 10.5 Å². The molecule has 0 aliphatic carbocycles. The van der Waals surface area contributed by atoms with Gasteiger partial charge in [0.15, 0.2) is 0 Å². The molecular weight excluding hydrogens is 311 g/mol. The maximum Gasteiger partial charge on any atom is 0.130 e. The van der Waals surface area contributed by atoms with Gasteiger partial charge in [0, 0.05) is 17.6 Å². The largest absolute Gasteiger partial charge is 0.492 e. The van der Waals surface area contributed by atoms with E-state index in [4.69, 9.17) is 33.8 Å². The molecule has 21 heavy (non-hydrogen) atoms. The predicted molar refractivity (Wildman–Crippen MR) is 84.7 cm³/mol. The van der Waals surface area contributed by atoms with E-state index in [1.165, 1.54) is 0 Å². The van der Waals surface area contributed by atoms with Crippen molar-refractivity contribution in [2.75, 3.05) is 6.61 Å². The Balaban J connectivity index is 2.00. The zero-order valence-corrected chi connectivity index (χ0v) is 13.4. The fraction of sp³-hybridized carbons (Fsp3) is 0.357. The highest BCUT2D eigenvalue weighted by atomic mass is 35.5. The molecule has 1 unspecified atom stereocenters. The Morgan fingerprint density at radius 3 is 2.76 bits per heavy atom. The fourth-order valence-electron chi connectivity index (χ4n) is 2.07. The molecule has 1 atom stereocenters. The van der Waals surface area contributed by atoms with Gasteiger partial charge in [-0.05, 0) is 31.5 Å². The van der Waals surface area contributed by atoms with E-state index in [0.717, 1.165) is 11.3 Å². The van der Waals surface area contributed by atoms with Crippen LogP contribution in [0.5, 0.6) is 5.75 Å². The summed E-state index contributed by atoms with van der Waals surface area (Å²) in [6, 6.07) is 7.17. The number of nitrogens with zero attached hydrogens (tertiary/aromatic N) is 2. The summed E-state index contributed by atoms with van der Waals surface area (Å²) in [4.78, 5) is 0. The molecule has 1 heterocycles. The van der Waals surface area contributed by atoms with Gasteiger partial charge in [-0.25, -0.2) is 0 Å². The van der Waals surface area contributed by atoms with E-state index < -0.39 is 0 Å². The molecule has 2 aromatic rings. The van der Waals surface area contributed by atoms with Gasteiger partial charge in [-0.2, -0.15) is 5.10 Å². The molecule has 0 aliphatic rings. The standard InChI is InChI=1S/C14H18Cl2N4O/c1-9-13(14(16)20(2)19-9)7-11(18-17)8-21-12-5-3-4-10(15)6-12/h3-6,11,18H,7-8,17H2,1-2H3. The molecule has 0 fully saturated rings. The number of halogens is 2. The van der Waals surface area contributed by atoms with Gasteiger partial charge in [-0.3, -0.25) is 16.0 Å². The van der Waals surface area contributed by atoms with Crippen LogP contribution in [-0.2, 0) is 13.5 Å². The zero-order chi connectivity index (χ0) is 15.4. The molecule has 0 radical (unpaired) electrons. The van der Waals surface area contributed by atoms with Crippen molar-refractivity contribution in [2.24, 2.45) is 12.9 Å². The number of hydrogen-bond donors (Lipinski definition) is 2. The first kappa shape index (κ1) is 16.1. The van der Waals surface area contributed by atoms with Gasteiger partial charge >= 0.3 is 0 Å². The van der Waals surface area contributed by atoms with Crippen LogP contribution in [0.1, 0.15) is 11.3 Å². The first-order valence-corrected chi connectivity index (χ1v) is 7.29. The summed E-state index contributed by atoms with van der Waals surface area (Å²) < 4.78 is 7.35. The van der Waals surface area contributed by atoms with E-state index in [9.17, 15) is 0 Å². The predicted octanol–water partition coefficient (Wildman–Crippen LogP) is 2.49. The van der Waals surface area contributed by atoms with Gasteiger partial charge < -0.3 is 4.74 Å². The molecule has 2 rings (SSSR count). The highest BCUT2D eigenvalue weighted by molar-refractivity contribution is 6.30. The van der Waals surface area contributed by atoms with E-state index in [-0.39, 0.29) is 6.04 Å². The second kappa shape index (κ2) is 7.13. The lowest BCUT2D eigenvalue weighted by atomic mass is 10.1. The van der Waals surface area contributed by atoms with Crippen molar-refractivity contribution in [3.05, 3.63) is 45.7 Å². The minimum atomic E-state index is -0.0793. The SMILES string of the molecule is Cc1nn(C)c(Cl)c1CC(COc1cccc(Cl)c1)NN. The summed E-state index contributed by atoms with van der Waals surface area (Å²) in [5, 5.41) is 5.54. The summed E-state index contributed by atoms with van der Waals surface area (Å²) in [5.74, 6) is 6.30. The Bertz CT molecular complexity index is 615. The molecule has 0 saturated carbocycles. The van der Waals surface area contributed by atoms with Crippen molar-refractivity contribution in [1.29, 1.82) is 0 Å². The van der Waals surface area contributed by atoms with Gasteiger partial charge in [0.05, 0.1) is 11.7 Å². The topological polar surface area (TPSA) is 65.1 Å². The number of hydrazine groups is 1. The molecule has 3 N–H and O–H groups in total. The Morgan fingerprint density at radius 2 is 2.19 bits per heavy atom. The van der Waals surface area contributed by atoms with Crippen molar-refractivity contribution < 1.29 is 4.74 Å². The van der Waals surface area contributed by atoms with Crippen LogP contribution in [0.4, 0.5) is 0 Å². The van der Waals surface area contributed by atoms with Crippen molar-refractivity contribution in [3.8, 4) is 5.75 Å². The third-order valence-corrected chi connectivity index (χ3v) is 3.91. The maximum absolute atomic E-state index is 6.23.